The third-order valence-corrected chi connectivity index (χ3v) is 2.28. The molecule has 0 radical (unpaired) electrons. The number of aliphatic imine (C=N–C) groups is 1. The highest BCUT2D eigenvalue weighted by molar-refractivity contribution is 5.93. The Hall–Kier alpha value is -1.96. The molecule has 0 amide bonds. The highest BCUT2D eigenvalue weighted by atomic mass is 14.8. The molecule has 0 fully saturated rings. The quantitative estimate of drug-likeness (QED) is 0.674. The number of benzene rings is 1. The highest BCUT2D eigenvalue weighted by Crippen LogP contribution is 2.28. The molecule has 0 saturated heterocycles. The molecular formula is C13H12N2. The van der Waals surface area contributed by atoms with Crippen molar-refractivity contribution in [1.29, 1.82) is 0 Å². The van der Waals surface area contributed by atoms with Gasteiger partial charge in [-0.2, -0.15) is 0 Å². The Morgan fingerprint density at radius 2 is 2.20 bits per heavy atom. The number of rotatable bonds is 2. The number of hydrogen-bond acceptors (Lipinski definition) is 2. The van der Waals surface area contributed by atoms with E-state index >= 15 is 0 Å². The van der Waals surface area contributed by atoms with Crippen LogP contribution in [0, 0.1) is 0 Å². The summed E-state index contributed by atoms with van der Waals surface area (Å²) in [5.41, 5.74) is 2.81. The van der Waals surface area contributed by atoms with Crippen LogP contribution in [0.2, 0.25) is 0 Å². The van der Waals surface area contributed by atoms with Crippen LogP contribution in [0.5, 0.6) is 0 Å². The second-order valence-corrected chi connectivity index (χ2v) is 3.24. The van der Waals surface area contributed by atoms with E-state index in [2.05, 4.69) is 16.7 Å². The molecule has 15 heavy (non-hydrogen) atoms. The third kappa shape index (κ3) is 1.66. The number of fused-ring (bicyclic) bond motifs is 1. The molecule has 2 aromatic rings. The molecule has 1 aromatic heterocycles. The molecule has 0 aliphatic rings. The SMILES string of the molecule is C=Nc1c(/C=C\C)ccc2cccnc12. The summed E-state index contributed by atoms with van der Waals surface area (Å²) in [6.45, 7) is 5.58. The van der Waals surface area contributed by atoms with Crippen molar-refractivity contribution >= 4 is 29.4 Å². The van der Waals surface area contributed by atoms with Crippen molar-refractivity contribution in [3.63, 3.8) is 0 Å². The lowest BCUT2D eigenvalue weighted by Crippen LogP contribution is -1.82. The predicted molar refractivity (Wildman–Crippen MR) is 65.7 cm³/mol. The van der Waals surface area contributed by atoms with E-state index in [9.17, 15) is 0 Å². The largest absolute Gasteiger partial charge is 0.262 e. The van der Waals surface area contributed by atoms with Gasteiger partial charge in [0.1, 0.15) is 0 Å². The second kappa shape index (κ2) is 4.05. The van der Waals surface area contributed by atoms with Gasteiger partial charge in [-0.05, 0) is 19.7 Å². The van der Waals surface area contributed by atoms with E-state index in [0.29, 0.717) is 0 Å². The van der Waals surface area contributed by atoms with Crippen molar-refractivity contribution in [2.24, 2.45) is 4.99 Å². The maximum Gasteiger partial charge on any atom is 0.0964 e. The zero-order valence-corrected chi connectivity index (χ0v) is 8.64. The lowest BCUT2D eigenvalue weighted by atomic mass is 10.1. The van der Waals surface area contributed by atoms with E-state index in [1.807, 2.05) is 43.3 Å². The third-order valence-electron chi connectivity index (χ3n) is 2.28. The Bertz CT molecular complexity index is 527. The molecule has 2 rings (SSSR count). The second-order valence-electron chi connectivity index (χ2n) is 3.24. The fraction of sp³-hybridized carbons (Fsp3) is 0.0769. The molecule has 0 aliphatic heterocycles. The average Bonchev–Trinajstić information content (AvgIpc) is 2.29. The van der Waals surface area contributed by atoms with E-state index in [1.54, 1.807) is 6.20 Å². The first-order valence-electron chi connectivity index (χ1n) is 4.84. The number of nitrogens with zero attached hydrogens (tertiary/aromatic N) is 2. The van der Waals surface area contributed by atoms with Crippen molar-refractivity contribution in [1.82, 2.24) is 4.98 Å². The highest BCUT2D eigenvalue weighted by Gasteiger charge is 2.03. The van der Waals surface area contributed by atoms with Crippen LogP contribution in [0.3, 0.4) is 0 Å². The van der Waals surface area contributed by atoms with Gasteiger partial charge in [-0.3, -0.25) is 9.98 Å². The molecule has 1 aromatic carbocycles. The smallest absolute Gasteiger partial charge is 0.0964 e. The molecule has 0 N–H and O–H groups in total. The van der Waals surface area contributed by atoms with Crippen molar-refractivity contribution < 1.29 is 0 Å². The van der Waals surface area contributed by atoms with Crippen LogP contribution in [-0.4, -0.2) is 11.7 Å². The lowest BCUT2D eigenvalue weighted by molar-refractivity contribution is 1.39. The van der Waals surface area contributed by atoms with Gasteiger partial charge in [0.05, 0.1) is 11.2 Å². The van der Waals surface area contributed by atoms with Crippen LogP contribution in [0.1, 0.15) is 12.5 Å². The maximum absolute atomic E-state index is 4.33. The first-order valence-corrected chi connectivity index (χ1v) is 4.84. The minimum atomic E-state index is 0.853. The summed E-state index contributed by atoms with van der Waals surface area (Å²) < 4.78 is 0. The average molecular weight is 196 g/mol. The summed E-state index contributed by atoms with van der Waals surface area (Å²) in [5, 5.41) is 1.09. The predicted octanol–water partition coefficient (Wildman–Crippen LogP) is 3.60. The number of aromatic nitrogens is 1. The fourth-order valence-corrected chi connectivity index (χ4v) is 1.63. The summed E-state index contributed by atoms with van der Waals surface area (Å²) in [5.74, 6) is 0. The first-order chi connectivity index (χ1) is 7.36. The van der Waals surface area contributed by atoms with Crippen molar-refractivity contribution in [3.8, 4) is 0 Å². The van der Waals surface area contributed by atoms with Gasteiger partial charge >= 0.3 is 0 Å². The molecule has 1 heterocycles. The molecule has 0 bridgehead atoms. The summed E-state index contributed by atoms with van der Waals surface area (Å²) in [4.78, 5) is 8.38. The van der Waals surface area contributed by atoms with Crippen molar-refractivity contribution in [2.75, 3.05) is 0 Å². The summed E-state index contributed by atoms with van der Waals surface area (Å²) >= 11 is 0. The summed E-state index contributed by atoms with van der Waals surface area (Å²) in [7, 11) is 0. The van der Waals surface area contributed by atoms with Crippen LogP contribution in [0.15, 0.2) is 41.5 Å². The normalized spacial score (nSPS) is 11.0. The molecular weight excluding hydrogens is 184 g/mol. The molecule has 0 saturated carbocycles. The molecule has 0 atom stereocenters. The van der Waals surface area contributed by atoms with Gasteiger partial charge in [-0.15, -0.1) is 0 Å². The van der Waals surface area contributed by atoms with Crippen LogP contribution in [-0.2, 0) is 0 Å². The monoisotopic (exact) mass is 196 g/mol. The Morgan fingerprint density at radius 3 is 2.93 bits per heavy atom. The van der Waals surface area contributed by atoms with Gasteiger partial charge in [0, 0.05) is 17.1 Å². The van der Waals surface area contributed by atoms with Gasteiger partial charge in [-0.1, -0.05) is 30.4 Å². The van der Waals surface area contributed by atoms with Crippen molar-refractivity contribution in [2.45, 2.75) is 6.92 Å². The lowest BCUT2D eigenvalue weighted by Gasteiger charge is -2.04. The van der Waals surface area contributed by atoms with E-state index in [4.69, 9.17) is 0 Å². The van der Waals surface area contributed by atoms with Crippen LogP contribution in [0.25, 0.3) is 17.0 Å². The fourth-order valence-electron chi connectivity index (χ4n) is 1.63. The van der Waals surface area contributed by atoms with Gasteiger partial charge < -0.3 is 0 Å². The molecule has 2 heteroatoms. The van der Waals surface area contributed by atoms with Crippen LogP contribution in [0.4, 0.5) is 5.69 Å². The standard InChI is InChI=1S/C13H12N2/c1-3-5-10-7-8-11-6-4-9-15-13(11)12(10)14-2/h3-9H,2H2,1H3/b5-3-. The molecule has 2 nitrogen and oxygen atoms in total. The Labute approximate surface area is 89.0 Å². The van der Waals surface area contributed by atoms with Crippen LogP contribution >= 0.6 is 0 Å². The zero-order valence-electron chi connectivity index (χ0n) is 8.64. The summed E-state index contributed by atoms with van der Waals surface area (Å²) in [6, 6.07) is 8.03. The summed E-state index contributed by atoms with van der Waals surface area (Å²) in [6.07, 6.45) is 5.77. The van der Waals surface area contributed by atoms with E-state index in [1.165, 1.54) is 0 Å². The number of hydrogen-bond donors (Lipinski definition) is 0. The minimum absolute atomic E-state index is 0.853. The van der Waals surface area contributed by atoms with E-state index in [-0.39, 0.29) is 0 Å². The van der Waals surface area contributed by atoms with Crippen LogP contribution < -0.4 is 0 Å². The van der Waals surface area contributed by atoms with Gasteiger partial charge in [0.25, 0.3) is 0 Å². The minimum Gasteiger partial charge on any atom is -0.262 e. The zero-order chi connectivity index (χ0) is 10.7. The first kappa shape index (κ1) is 9.59. The van der Waals surface area contributed by atoms with Crippen molar-refractivity contribution in [3.05, 3.63) is 42.1 Å². The van der Waals surface area contributed by atoms with E-state index < -0.39 is 0 Å². The molecule has 0 spiro atoms. The Kier molecular flexibility index (Phi) is 2.59. The van der Waals surface area contributed by atoms with Gasteiger partial charge in [0.15, 0.2) is 0 Å². The Morgan fingerprint density at radius 1 is 1.33 bits per heavy atom. The molecule has 74 valence electrons. The Balaban J connectivity index is 2.81. The number of pyridine rings is 1. The molecule has 0 unspecified atom stereocenters. The number of allylic oxidation sites excluding steroid dienone is 1. The van der Waals surface area contributed by atoms with Gasteiger partial charge in [0.2, 0.25) is 0 Å². The van der Waals surface area contributed by atoms with E-state index in [0.717, 1.165) is 22.2 Å². The topological polar surface area (TPSA) is 25.2 Å². The molecule has 0 aliphatic carbocycles. The van der Waals surface area contributed by atoms with Gasteiger partial charge in [-0.25, -0.2) is 0 Å². The maximum atomic E-state index is 4.33.